The van der Waals surface area contributed by atoms with Crippen LogP contribution >= 0.6 is 0 Å². The Labute approximate surface area is 131 Å². The molecule has 0 saturated heterocycles. The van der Waals surface area contributed by atoms with E-state index in [2.05, 4.69) is 50.4 Å². The molecule has 0 aliphatic carbocycles. The van der Waals surface area contributed by atoms with Crippen LogP contribution < -0.4 is 5.32 Å². The van der Waals surface area contributed by atoms with E-state index in [4.69, 9.17) is 4.74 Å². The summed E-state index contributed by atoms with van der Waals surface area (Å²) in [5.74, 6) is 1.54. The molecule has 1 aromatic carbocycles. The van der Waals surface area contributed by atoms with E-state index in [1.807, 2.05) is 0 Å². The molecule has 0 radical (unpaired) electrons. The SMILES string of the molecule is COCCNCC(CCCC(C)C)Cc1ccc(C)cc1. The molecule has 0 aromatic heterocycles. The number of methoxy groups -OCH3 is 1. The van der Waals surface area contributed by atoms with Crippen LogP contribution in [0.15, 0.2) is 24.3 Å². The Kier molecular flexibility index (Phi) is 9.36. The number of nitrogens with one attached hydrogen (secondary N) is 1. The first-order valence-corrected chi connectivity index (χ1v) is 8.37. The number of benzene rings is 1. The summed E-state index contributed by atoms with van der Waals surface area (Å²) in [4.78, 5) is 0. The van der Waals surface area contributed by atoms with Crippen LogP contribution in [0, 0.1) is 18.8 Å². The lowest BCUT2D eigenvalue weighted by atomic mass is 9.92. The second kappa shape index (κ2) is 10.8. The summed E-state index contributed by atoms with van der Waals surface area (Å²) in [6.07, 6.45) is 5.16. The van der Waals surface area contributed by atoms with Crippen LogP contribution in [0.3, 0.4) is 0 Å². The van der Waals surface area contributed by atoms with Crippen LogP contribution in [0.25, 0.3) is 0 Å². The lowest BCUT2D eigenvalue weighted by Gasteiger charge is -2.18. The van der Waals surface area contributed by atoms with Crippen LogP contribution in [-0.4, -0.2) is 26.8 Å². The van der Waals surface area contributed by atoms with Gasteiger partial charge in [-0.1, -0.05) is 56.5 Å². The molecule has 2 nitrogen and oxygen atoms in total. The summed E-state index contributed by atoms with van der Waals surface area (Å²) in [5.41, 5.74) is 2.80. The van der Waals surface area contributed by atoms with E-state index in [1.165, 1.54) is 36.8 Å². The molecule has 0 amide bonds. The van der Waals surface area contributed by atoms with Crippen molar-refractivity contribution in [2.75, 3.05) is 26.8 Å². The molecule has 0 bridgehead atoms. The van der Waals surface area contributed by atoms with Crippen molar-refractivity contribution in [3.8, 4) is 0 Å². The maximum atomic E-state index is 5.11. The van der Waals surface area contributed by atoms with Crippen LogP contribution in [0.1, 0.15) is 44.2 Å². The largest absolute Gasteiger partial charge is 0.383 e. The predicted molar refractivity (Wildman–Crippen MR) is 91.8 cm³/mol. The molecule has 1 aromatic rings. The average Bonchev–Trinajstić information content (AvgIpc) is 2.45. The van der Waals surface area contributed by atoms with Crippen molar-refractivity contribution < 1.29 is 4.74 Å². The van der Waals surface area contributed by atoms with Gasteiger partial charge in [-0.15, -0.1) is 0 Å². The molecule has 2 heteroatoms. The fourth-order valence-electron chi connectivity index (χ4n) is 2.63. The number of rotatable bonds is 11. The highest BCUT2D eigenvalue weighted by molar-refractivity contribution is 5.21. The molecule has 0 heterocycles. The molecule has 1 N–H and O–H groups in total. The van der Waals surface area contributed by atoms with Gasteiger partial charge in [-0.3, -0.25) is 0 Å². The molecule has 21 heavy (non-hydrogen) atoms. The molecule has 1 rings (SSSR count). The Bertz CT molecular complexity index is 358. The second-order valence-corrected chi connectivity index (χ2v) is 6.58. The molecule has 0 fully saturated rings. The van der Waals surface area contributed by atoms with Crippen LogP contribution in [0.5, 0.6) is 0 Å². The molecule has 0 aliphatic rings. The van der Waals surface area contributed by atoms with Crippen LogP contribution in [0.4, 0.5) is 0 Å². The predicted octanol–water partition coefficient (Wildman–Crippen LogP) is 4.22. The van der Waals surface area contributed by atoms with Crippen molar-refractivity contribution in [3.05, 3.63) is 35.4 Å². The Morgan fingerprint density at radius 1 is 1.10 bits per heavy atom. The quantitative estimate of drug-likeness (QED) is 0.616. The van der Waals surface area contributed by atoms with E-state index >= 15 is 0 Å². The minimum absolute atomic E-state index is 0.725. The zero-order valence-electron chi connectivity index (χ0n) is 14.3. The van der Waals surface area contributed by atoms with E-state index in [1.54, 1.807) is 7.11 Å². The van der Waals surface area contributed by atoms with Gasteiger partial charge in [-0.25, -0.2) is 0 Å². The van der Waals surface area contributed by atoms with Crippen molar-refractivity contribution in [2.45, 2.75) is 46.5 Å². The highest BCUT2D eigenvalue weighted by atomic mass is 16.5. The zero-order valence-corrected chi connectivity index (χ0v) is 14.3. The second-order valence-electron chi connectivity index (χ2n) is 6.58. The van der Waals surface area contributed by atoms with Gasteiger partial charge in [-0.05, 0) is 43.7 Å². The van der Waals surface area contributed by atoms with Gasteiger partial charge in [0.2, 0.25) is 0 Å². The first-order chi connectivity index (χ1) is 10.1. The summed E-state index contributed by atoms with van der Waals surface area (Å²) in [5, 5.41) is 3.53. The molecular formula is C19H33NO. The number of aryl methyl sites for hydroxylation is 1. The van der Waals surface area contributed by atoms with Crippen LogP contribution in [-0.2, 0) is 11.2 Å². The zero-order chi connectivity index (χ0) is 15.5. The third kappa shape index (κ3) is 8.90. The van der Waals surface area contributed by atoms with E-state index in [-0.39, 0.29) is 0 Å². The molecule has 120 valence electrons. The smallest absolute Gasteiger partial charge is 0.0587 e. The summed E-state index contributed by atoms with van der Waals surface area (Å²) in [6.45, 7) is 9.61. The summed E-state index contributed by atoms with van der Waals surface area (Å²) in [7, 11) is 1.76. The van der Waals surface area contributed by atoms with Gasteiger partial charge in [0.05, 0.1) is 6.61 Å². The minimum Gasteiger partial charge on any atom is -0.383 e. The van der Waals surface area contributed by atoms with E-state index < -0.39 is 0 Å². The topological polar surface area (TPSA) is 21.3 Å². The van der Waals surface area contributed by atoms with Gasteiger partial charge in [0, 0.05) is 13.7 Å². The average molecular weight is 291 g/mol. The summed E-state index contributed by atoms with van der Waals surface area (Å²) < 4.78 is 5.11. The van der Waals surface area contributed by atoms with Gasteiger partial charge in [0.15, 0.2) is 0 Å². The van der Waals surface area contributed by atoms with Crippen molar-refractivity contribution in [2.24, 2.45) is 11.8 Å². The Morgan fingerprint density at radius 3 is 2.43 bits per heavy atom. The summed E-state index contributed by atoms with van der Waals surface area (Å²) >= 11 is 0. The Morgan fingerprint density at radius 2 is 1.81 bits per heavy atom. The van der Waals surface area contributed by atoms with Gasteiger partial charge >= 0.3 is 0 Å². The van der Waals surface area contributed by atoms with Crippen molar-refractivity contribution >= 4 is 0 Å². The minimum atomic E-state index is 0.725. The van der Waals surface area contributed by atoms with Crippen molar-refractivity contribution in [1.29, 1.82) is 0 Å². The Hall–Kier alpha value is -0.860. The molecule has 0 spiro atoms. The lowest BCUT2D eigenvalue weighted by Crippen LogP contribution is -2.27. The third-order valence-electron chi connectivity index (χ3n) is 3.95. The fraction of sp³-hybridized carbons (Fsp3) is 0.684. The van der Waals surface area contributed by atoms with Crippen molar-refractivity contribution in [3.63, 3.8) is 0 Å². The first-order valence-electron chi connectivity index (χ1n) is 8.37. The number of ether oxygens (including phenoxy) is 1. The normalized spacial score (nSPS) is 12.8. The monoisotopic (exact) mass is 291 g/mol. The lowest BCUT2D eigenvalue weighted by molar-refractivity contribution is 0.197. The standard InChI is InChI=1S/C19H33NO/c1-16(2)6-5-7-19(15-20-12-13-21-4)14-18-10-8-17(3)9-11-18/h8-11,16,19-20H,5-7,12-15H2,1-4H3. The maximum absolute atomic E-state index is 5.11. The van der Waals surface area contributed by atoms with E-state index in [0.717, 1.165) is 31.5 Å². The highest BCUT2D eigenvalue weighted by Crippen LogP contribution is 2.17. The van der Waals surface area contributed by atoms with Gasteiger partial charge in [0.25, 0.3) is 0 Å². The number of hydrogen-bond donors (Lipinski definition) is 1. The van der Waals surface area contributed by atoms with E-state index in [0.29, 0.717) is 0 Å². The Balaban J connectivity index is 2.43. The van der Waals surface area contributed by atoms with Crippen LogP contribution in [0.2, 0.25) is 0 Å². The molecule has 1 atom stereocenters. The third-order valence-corrected chi connectivity index (χ3v) is 3.95. The summed E-state index contributed by atoms with van der Waals surface area (Å²) in [6, 6.07) is 9.00. The molecule has 0 aliphatic heterocycles. The molecule has 1 unspecified atom stereocenters. The molecular weight excluding hydrogens is 258 g/mol. The van der Waals surface area contributed by atoms with Gasteiger partial charge < -0.3 is 10.1 Å². The first kappa shape index (κ1) is 18.2. The van der Waals surface area contributed by atoms with Gasteiger partial charge in [0.1, 0.15) is 0 Å². The van der Waals surface area contributed by atoms with Gasteiger partial charge in [-0.2, -0.15) is 0 Å². The number of hydrogen-bond acceptors (Lipinski definition) is 2. The van der Waals surface area contributed by atoms with Crippen molar-refractivity contribution in [1.82, 2.24) is 5.32 Å². The maximum Gasteiger partial charge on any atom is 0.0587 e. The van der Waals surface area contributed by atoms with E-state index in [9.17, 15) is 0 Å². The molecule has 0 saturated carbocycles. The highest BCUT2D eigenvalue weighted by Gasteiger charge is 2.10. The fourth-order valence-corrected chi connectivity index (χ4v) is 2.63.